The molecule has 7 nitrogen and oxygen atoms in total. The van der Waals surface area contributed by atoms with Gasteiger partial charge < -0.3 is 14.8 Å². The Bertz CT molecular complexity index is 1160. The normalized spacial score (nSPS) is 10.8. The highest BCUT2D eigenvalue weighted by Crippen LogP contribution is 2.35. The van der Waals surface area contributed by atoms with Crippen molar-refractivity contribution in [3.8, 4) is 17.2 Å². The molecule has 1 heterocycles. The first-order valence-electron chi connectivity index (χ1n) is 10.4. The van der Waals surface area contributed by atoms with E-state index in [1.807, 2.05) is 66.7 Å². The predicted octanol–water partition coefficient (Wildman–Crippen LogP) is 4.79. The van der Waals surface area contributed by atoms with Crippen LogP contribution in [0.15, 0.2) is 78.0 Å². The average molecular weight is 482 g/mol. The molecule has 0 saturated carbocycles. The van der Waals surface area contributed by atoms with Crippen LogP contribution in [0.5, 0.6) is 11.5 Å². The third kappa shape index (κ3) is 6.25. The van der Waals surface area contributed by atoms with Gasteiger partial charge in [0.25, 0.3) is 0 Å². The van der Waals surface area contributed by atoms with Gasteiger partial charge in [-0.15, -0.1) is 5.10 Å². The summed E-state index contributed by atoms with van der Waals surface area (Å²) in [5, 5.41) is 16.8. The van der Waals surface area contributed by atoms with Crippen molar-refractivity contribution in [3.63, 3.8) is 0 Å². The summed E-state index contributed by atoms with van der Waals surface area (Å²) in [6.07, 6.45) is 0. The maximum Gasteiger partial charge on any atom is 0.214 e. The van der Waals surface area contributed by atoms with E-state index in [4.69, 9.17) is 21.1 Å². The number of nitrogens with zero attached hydrogens (tertiary/aromatic N) is 4. The lowest BCUT2D eigenvalue weighted by atomic mass is 10.1. The zero-order valence-electron chi connectivity index (χ0n) is 18.1. The summed E-state index contributed by atoms with van der Waals surface area (Å²) < 4.78 is 13.4. The Morgan fingerprint density at radius 2 is 1.79 bits per heavy atom. The van der Waals surface area contributed by atoms with E-state index in [0.29, 0.717) is 29.7 Å². The third-order valence-electron chi connectivity index (χ3n) is 4.81. The topological polar surface area (TPSA) is 74.1 Å². The summed E-state index contributed by atoms with van der Waals surface area (Å²) in [4.78, 5) is 0. The number of ether oxygens (including phenoxy) is 2. The maximum absolute atomic E-state index is 6.31. The highest BCUT2D eigenvalue weighted by Gasteiger charge is 2.14. The van der Waals surface area contributed by atoms with Crippen LogP contribution in [0, 0.1) is 0 Å². The van der Waals surface area contributed by atoms with Crippen LogP contribution in [-0.2, 0) is 13.2 Å². The van der Waals surface area contributed by atoms with Crippen LogP contribution in [-0.4, -0.2) is 39.6 Å². The number of nitrogens with one attached hydrogen (secondary N) is 1. The van der Waals surface area contributed by atoms with Crippen molar-refractivity contribution in [3.05, 3.63) is 88.9 Å². The minimum atomic E-state index is 0.448. The quantitative estimate of drug-likeness (QED) is 0.244. The number of aromatic nitrogens is 4. The first-order chi connectivity index (χ1) is 16.2. The fraction of sp³-hybridized carbons (Fsp3) is 0.208. The zero-order chi connectivity index (χ0) is 22.9. The number of methoxy groups -OCH3 is 1. The molecule has 0 aliphatic rings. The minimum Gasteiger partial charge on any atom is -0.493 e. The first-order valence-corrected chi connectivity index (χ1v) is 11.8. The van der Waals surface area contributed by atoms with Gasteiger partial charge in [0.15, 0.2) is 11.5 Å². The molecule has 0 amide bonds. The minimum absolute atomic E-state index is 0.448. The Morgan fingerprint density at radius 1 is 1.03 bits per heavy atom. The van der Waals surface area contributed by atoms with E-state index >= 15 is 0 Å². The summed E-state index contributed by atoms with van der Waals surface area (Å²) in [5.74, 6) is 2.11. The third-order valence-corrected chi connectivity index (χ3v) is 5.95. The van der Waals surface area contributed by atoms with E-state index in [0.717, 1.165) is 34.3 Å². The number of thioether (sulfide) groups is 1. The van der Waals surface area contributed by atoms with Crippen molar-refractivity contribution >= 4 is 23.4 Å². The van der Waals surface area contributed by atoms with E-state index in [2.05, 4.69) is 20.8 Å². The molecule has 33 heavy (non-hydrogen) atoms. The van der Waals surface area contributed by atoms with Crippen LogP contribution in [0.3, 0.4) is 0 Å². The van der Waals surface area contributed by atoms with E-state index in [1.165, 1.54) is 0 Å². The molecule has 3 aromatic carbocycles. The smallest absolute Gasteiger partial charge is 0.214 e. The Labute approximate surface area is 202 Å². The lowest BCUT2D eigenvalue weighted by Crippen LogP contribution is -2.17. The van der Waals surface area contributed by atoms with E-state index in [-0.39, 0.29) is 0 Å². The van der Waals surface area contributed by atoms with E-state index in [9.17, 15) is 0 Å². The number of benzene rings is 3. The molecular formula is C24H24ClN5O2S. The molecule has 4 rings (SSSR count). The molecule has 4 aromatic rings. The van der Waals surface area contributed by atoms with Gasteiger partial charge in [0.1, 0.15) is 6.61 Å². The van der Waals surface area contributed by atoms with Gasteiger partial charge in [-0.3, -0.25) is 0 Å². The van der Waals surface area contributed by atoms with Gasteiger partial charge in [-0.1, -0.05) is 71.9 Å². The van der Waals surface area contributed by atoms with Gasteiger partial charge in [-0.2, -0.15) is 4.68 Å². The number of hydrogen-bond acceptors (Lipinski definition) is 7. The number of rotatable bonds is 11. The highest BCUT2D eigenvalue weighted by molar-refractivity contribution is 7.99. The monoisotopic (exact) mass is 481 g/mol. The van der Waals surface area contributed by atoms with Crippen LogP contribution in [0.4, 0.5) is 0 Å². The molecule has 0 atom stereocenters. The molecule has 0 aliphatic carbocycles. The molecule has 0 bridgehead atoms. The zero-order valence-corrected chi connectivity index (χ0v) is 19.7. The number of hydrogen-bond donors (Lipinski definition) is 1. The van der Waals surface area contributed by atoms with Gasteiger partial charge in [-0.05, 0) is 34.2 Å². The van der Waals surface area contributed by atoms with Crippen molar-refractivity contribution < 1.29 is 9.47 Å². The molecule has 0 aliphatic heterocycles. The fourth-order valence-electron chi connectivity index (χ4n) is 3.24. The number of tetrazole rings is 1. The lowest BCUT2D eigenvalue weighted by Gasteiger charge is -2.16. The molecule has 0 fully saturated rings. The molecule has 9 heteroatoms. The number of para-hydroxylation sites is 1. The van der Waals surface area contributed by atoms with Gasteiger partial charge >= 0.3 is 0 Å². The Kier molecular flexibility index (Phi) is 8.19. The molecule has 0 radical (unpaired) electrons. The van der Waals surface area contributed by atoms with Gasteiger partial charge in [0, 0.05) is 35.5 Å². The molecule has 0 spiro atoms. The number of halogens is 1. The SMILES string of the molecule is COc1cc(Cl)cc(CNCCSc2nnnn2-c2ccccc2)c1OCc1ccccc1. The molecule has 0 saturated heterocycles. The van der Waals surface area contributed by atoms with Crippen molar-refractivity contribution in [2.45, 2.75) is 18.3 Å². The van der Waals surface area contributed by atoms with Crippen molar-refractivity contribution in [1.29, 1.82) is 0 Å². The fourth-order valence-corrected chi connectivity index (χ4v) is 4.26. The molecule has 1 aromatic heterocycles. The van der Waals surface area contributed by atoms with Crippen LogP contribution >= 0.6 is 23.4 Å². The lowest BCUT2D eigenvalue weighted by molar-refractivity contribution is 0.281. The largest absolute Gasteiger partial charge is 0.493 e. The summed E-state index contributed by atoms with van der Waals surface area (Å²) in [6, 6.07) is 23.5. The standard InChI is InChI=1S/C24H24ClN5O2S/c1-31-22-15-20(25)14-19(23(22)32-17-18-8-4-2-5-9-18)16-26-12-13-33-24-27-28-29-30(24)21-10-6-3-7-11-21/h2-11,14-15,26H,12-13,16-17H2,1H3. The maximum atomic E-state index is 6.31. The first kappa shape index (κ1) is 23.1. The van der Waals surface area contributed by atoms with Crippen molar-refractivity contribution in [2.75, 3.05) is 19.4 Å². The van der Waals surface area contributed by atoms with Gasteiger partial charge in [0.2, 0.25) is 5.16 Å². The summed E-state index contributed by atoms with van der Waals surface area (Å²) >= 11 is 7.90. The summed E-state index contributed by atoms with van der Waals surface area (Å²) in [5.41, 5.74) is 2.96. The second kappa shape index (κ2) is 11.7. The molecule has 0 unspecified atom stereocenters. The van der Waals surface area contributed by atoms with Crippen LogP contribution in [0.2, 0.25) is 5.02 Å². The second-order valence-electron chi connectivity index (χ2n) is 7.10. The van der Waals surface area contributed by atoms with Crippen LogP contribution in [0.1, 0.15) is 11.1 Å². The van der Waals surface area contributed by atoms with Crippen molar-refractivity contribution in [1.82, 2.24) is 25.5 Å². The predicted molar refractivity (Wildman–Crippen MR) is 130 cm³/mol. The van der Waals surface area contributed by atoms with E-state index in [1.54, 1.807) is 29.6 Å². The Hall–Kier alpha value is -3.07. The van der Waals surface area contributed by atoms with Crippen LogP contribution < -0.4 is 14.8 Å². The Balaban J connectivity index is 1.35. The van der Waals surface area contributed by atoms with Crippen molar-refractivity contribution in [2.24, 2.45) is 0 Å². The highest BCUT2D eigenvalue weighted by atomic mass is 35.5. The van der Waals surface area contributed by atoms with Gasteiger partial charge in [0.05, 0.1) is 12.8 Å². The summed E-state index contributed by atoms with van der Waals surface area (Å²) in [6.45, 7) is 1.79. The molecular weight excluding hydrogens is 458 g/mol. The molecule has 170 valence electrons. The van der Waals surface area contributed by atoms with Crippen LogP contribution in [0.25, 0.3) is 5.69 Å². The second-order valence-corrected chi connectivity index (χ2v) is 8.60. The molecule has 1 N–H and O–H groups in total. The Morgan fingerprint density at radius 3 is 2.55 bits per heavy atom. The van der Waals surface area contributed by atoms with Gasteiger partial charge in [-0.25, -0.2) is 0 Å². The van der Waals surface area contributed by atoms with E-state index < -0.39 is 0 Å². The summed E-state index contributed by atoms with van der Waals surface area (Å²) in [7, 11) is 1.62. The average Bonchev–Trinajstić information content (AvgIpc) is 3.32.